The van der Waals surface area contributed by atoms with Crippen LogP contribution >= 0.6 is 0 Å². The number of benzene rings is 2. The van der Waals surface area contributed by atoms with Crippen molar-refractivity contribution < 1.29 is 14.3 Å². The molecule has 0 aliphatic carbocycles. The Morgan fingerprint density at radius 1 is 1.14 bits per heavy atom. The lowest BCUT2D eigenvalue weighted by atomic mass is 10.0. The minimum Gasteiger partial charge on any atom is -0.486 e. The van der Waals surface area contributed by atoms with Crippen molar-refractivity contribution in [2.45, 2.75) is 31.8 Å². The summed E-state index contributed by atoms with van der Waals surface area (Å²) in [7, 11) is 1.90. The first-order valence-corrected chi connectivity index (χ1v) is 10.1. The number of nitrogens with zero attached hydrogens (tertiary/aromatic N) is 2. The lowest BCUT2D eigenvalue weighted by Crippen LogP contribution is -2.39. The van der Waals surface area contributed by atoms with Gasteiger partial charge in [0.1, 0.15) is 13.2 Å². The number of likely N-dealkylation sites (N-methyl/N-ethyl adjacent to an activating group) is 1. The number of hydrogen-bond donors (Lipinski definition) is 0. The Labute approximate surface area is 166 Å². The molecule has 0 aromatic heterocycles. The minimum absolute atomic E-state index is 0.0593. The molecule has 1 fully saturated rings. The van der Waals surface area contributed by atoms with E-state index in [1.54, 1.807) is 0 Å². The second kappa shape index (κ2) is 8.23. The summed E-state index contributed by atoms with van der Waals surface area (Å²) in [6.07, 6.45) is 2.16. The van der Waals surface area contributed by atoms with E-state index >= 15 is 0 Å². The van der Waals surface area contributed by atoms with Crippen LogP contribution in [0.2, 0.25) is 0 Å². The number of likely N-dealkylation sites (tertiary alicyclic amines) is 1. The number of fused-ring (bicyclic) bond motifs is 1. The molecule has 0 radical (unpaired) electrons. The van der Waals surface area contributed by atoms with Gasteiger partial charge in [-0.15, -0.1) is 0 Å². The van der Waals surface area contributed by atoms with E-state index in [2.05, 4.69) is 36.1 Å². The molecular formula is C23H28N2O3. The van der Waals surface area contributed by atoms with Crippen LogP contribution < -0.4 is 9.47 Å². The van der Waals surface area contributed by atoms with Crippen LogP contribution in [0.4, 0.5) is 0 Å². The molecule has 2 heterocycles. The molecule has 2 aromatic carbocycles. The van der Waals surface area contributed by atoms with Crippen LogP contribution in [0.15, 0.2) is 48.5 Å². The second-order valence-electron chi connectivity index (χ2n) is 7.62. The average Bonchev–Trinajstić information content (AvgIpc) is 3.21. The standard InChI is InChI=1S/C23H28N2O3/c1-17(18-7-4-3-5-8-18)24(2)23(26)16-25-12-6-9-20(25)19-10-11-21-22(15-19)28-14-13-27-21/h3-5,7-8,10-11,15,17,20H,6,9,12-14,16H2,1-2H3/t17-,20+/m1/s1. The largest absolute Gasteiger partial charge is 0.486 e. The highest BCUT2D eigenvalue weighted by molar-refractivity contribution is 5.78. The van der Waals surface area contributed by atoms with Gasteiger partial charge in [-0.2, -0.15) is 0 Å². The molecule has 0 N–H and O–H groups in total. The molecule has 2 atom stereocenters. The number of amides is 1. The molecule has 0 unspecified atom stereocenters. The zero-order valence-corrected chi connectivity index (χ0v) is 16.6. The van der Waals surface area contributed by atoms with Crippen LogP contribution in [0.3, 0.4) is 0 Å². The number of ether oxygens (including phenoxy) is 2. The predicted octanol–water partition coefficient (Wildman–Crippen LogP) is 3.81. The number of hydrogen-bond acceptors (Lipinski definition) is 4. The van der Waals surface area contributed by atoms with Crippen molar-refractivity contribution in [3.05, 3.63) is 59.7 Å². The van der Waals surface area contributed by atoms with Crippen LogP contribution in [-0.4, -0.2) is 49.1 Å². The summed E-state index contributed by atoms with van der Waals surface area (Å²) in [4.78, 5) is 17.1. The lowest BCUT2D eigenvalue weighted by molar-refractivity contribution is -0.133. The van der Waals surface area contributed by atoms with Crippen molar-refractivity contribution in [1.29, 1.82) is 0 Å². The maximum Gasteiger partial charge on any atom is 0.237 e. The first kappa shape index (κ1) is 18.8. The topological polar surface area (TPSA) is 42.0 Å². The Bertz CT molecular complexity index is 824. The van der Waals surface area contributed by atoms with Crippen molar-refractivity contribution in [2.75, 3.05) is 33.4 Å². The molecule has 1 saturated heterocycles. The maximum absolute atomic E-state index is 13.0. The van der Waals surface area contributed by atoms with Crippen LogP contribution in [0.5, 0.6) is 11.5 Å². The van der Waals surface area contributed by atoms with Crippen LogP contribution in [0, 0.1) is 0 Å². The van der Waals surface area contributed by atoms with Gasteiger partial charge in [-0.1, -0.05) is 36.4 Å². The monoisotopic (exact) mass is 380 g/mol. The third kappa shape index (κ3) is 3.85. The third-order valence-electron chi connectivity index (χ3n) is 5.91. The van der Waals surface area contributed by atoms with Gasteiger partial charge >= 0.3 is 0 Å². The molecule has 0 spiro atoms. The Morgan fingerprint density at radius 3 is 2.68 bits per heavy atom. The van der Waals surface area contributed by atoms with Gasteiger partial charge in [0, 0.05) is 13.1 Å². The Morgan fingerprint density at radius 2 is 1.89 bits per heavy atom. The smallest absolute Gasteiger partial charge is 0.237 e. The fourth-order valence-corrected chi connectivity index (χ4v) is 4.12. The highest BCUT2D eigenvalue weighted by atomic mass is 16.6. The van der Waals surface area contributed by atoms with Crippen LogP contribution in [-0.2, 0) is 4.79 Å². The second-order valence-corrected chi connectivity index (χ2v) is 7.62. The van der Waals surface area contributed by atoms with Crippen molar-refractivity contribution in [3.8, 4) is 11.5 Å². The lowest BCUT2D eigenvalue weighted by Gasteiger charge is -2.30. The zero-order chi connectivity index (χ0) is 19.5. The van der Waals surface area contributed by atoms with Gasteiger partial charge in [0.25, 0.3) is 0 Å². The van der Waals surface area contributed by atoms with E-state index in [1.165, 1.54) is 5.56 Å². The fourth-order valence-electron chi connectivity index (χ4n) is 4.12. The SMILES string of the molecule is C[C@H](c1ccccc1)N(C)C(=O)CN1CCC[C@H]1c1ccc2c(c1)OCCO2. The number of carbonyl (C=O) groups excluding carboxylic acids is 1. The van der Waals surface area contributed by atoms with Crippen LogP contribution in [0.1, 0.15) is 43.0 Å². The summed E-state index contributed by atoms with van der Waals surface area (Å²) in [5, 5.41) is 0. The van der Waals surface area contributed by atoms with E-state index in [1.807, 2.05) is 36.2 Å². The van der Waals surface area contributed by atoms with Crippen molar-refractivity contribution >= 4 is 5.91 Å². The third-order valence-corrected chi connectivity index (χ3v) is 5.91. The van der Waals surface area contributed by atoms with Gasteiger partial charge in [0.05, 0.1) is 12.6 Å². The quantitative estimate of drug-likeness (QED) is 0.791. The molecule has 5 nitrogen and oxygen atoms in total. The highest BCUT2D eigenvalue weighted by Crippen LogP contribution is 2.38. The molecule has 5 heteroatoms. The minimum atomic E-state index is 0.0593. The molecule has 2 aliphatic heterocycles. The Balaban J connectivity index is 1.44. The molecule has 148 valence electrons. The van der Waals surface area contributed by atoms with Crippen molar-refractivity contribution in [2.24, 2.45) is 0 Å². The Hall–Kier alpha value is -2.53. The molecular weight excluding hydrogens is 352 g/mol. The molecule has 0 bridgehead atoms. The van der Waals surface area contributed by atoms with Gasteiger partial charge in [-0.3, -0.25) is 9.69 Å². The van der Waals surface area contributed by atoms with Gasteiger partial charge in [-0.25, -0.2) is 0 Å². The van der Waals surface area contributed by atoms with Crippen molar-refractivity contribution in [1.82, 2.24) is 9.80 Å². The molecule has 2 aliphatic rings. The van der Waals surface area contributed by atoms with Gasteiger partial charge in [0.15, 0.2) is 11.5 Å². The first-order valence-electron chi connectivity index (χ1n) is 10.1. The molecule has 1 amide bonds. The number of rotatable bonds is 5. The van der Waals surface area contributed by atoms with Crippen molar-refractivity contribution in [3.63, 3.8) is 0 Å². The van der Waals surface area contributed by atoms with Gasteiger partial charge in [0.2, 0.25) is 5.91 Å². The summed E-state index contributed by atoms with van der Waals surface area (Å²) in [6.45, 7) is 4.65. The zero-order valence-electron chi connectivity index (χ0n) is 16.6. The van der Waals surface area contributed by atoms with Crippen LogP contribution in [0.25, 0.3) is 0 Å². The van der Waals surface area contributed by atoms with E-state index in [0.29, 0.717) is 19.8 Å². The maximum atomic E-state index is 13.0. The van der Waals surface area contributed by atoms with Gasteiger partial charge in [-0.05, 0) is 49.6 Å². The average molecular weight is 380 g/mol. The van der Waals surface area contributed by atoms with E-state index in [0.717, 1.165) is 36.4 Å². The van der Waals surface area contributed by atoms with E-state index in [9.17, 15) is 4.79 Å². The predicted molar refractivity (Wildman–Crippen MR) is 109 cm³/mol. The Kier molecular flexibility index (Phi) is 5.53. The van der Waals surface area contributed by atoms with E-state index in [4.69, 9.17) is 9.47 Å². The molecule has 0 saturated carbocycles. The first-order chi connectivity index (χ1) is 13.6. The molecule has 4 rings (SSSR count). The normalized spacial score (nSPS) is 20.0. The molecule has 28 heavy (non-hydrogen) atoms. The van der Waals surface area contributed by atoms with Gasteiger partial charge < -0.3 is 14.4 Å². The fraction of sp³-hybridized carbons (Fsp3) is 0.435. The van der Waals surface area contributed by atoms with E-state index < -0.39 is 0 Å². The summed E-state index contributed by atoms with van der Waals surface area (Å²) in [5.74, 6) is 1.78. The number of carbonyl (C=O) groups is 1. The van der Waals surface area contributed by atoms with E-state index in [-0.39, 0.29) is 18.0 Å². The molecule has 2 aromatic rings. The summed E-state index contributed by atoms with van der Waals surface area (Å²) >= 11 is 0. The summed E-state index contributed by atoms with van der Waals surface area (Å²) < 4.78 is 11.4. The summed E-state index contributed by atoms with van der Waals surface area (Å²) in [5.41, 5.74) is 2.36. The summed E-state index contributed by atoms with van der Waals surface area (Å²) in [6, 6.07) is 16.7. The highest BCUT2D eigenvalue weighted by Gasteiger charge is 2.30.